The maximum atomic E-state index is 4.90. The minimum Gasteiger partial charge on any atom is -0.351 e. The van der Waals surface area contributed by atoms with Crippen LogP contribution in [0.3, 0.4) is 0 Å². The number of nitrogens with one attached hydrogen (secondary N) is 1. The molecule has 0 spiro atoms. The number of hydrogen-bond acceptors (Lipinski definition) is 4. The Labute approximate surface area is 127 Å². The fourth-order valence-corrected chi connectivity index (χ4v) is 3.52. The summed E-state index contributed by atoms with van der Waals surface area (Å²) in [5.41, 5.74) is 1.57. The van der Waals surface area contributed by atoms with Gasteiger partial charge in [-0.2, -0.15) is 0 Å². The topological polar surface area (TPSA) is 28.2 Å². The molecule has 0 atom stereocenters. The number of thiazole rings is 1. The third kappa shape index (κ3) is 4.45. The first kappa shape index (κ1) is 15.8. The standard InChI is InChI=1S/C16H29N3S/c1-11(2)14-13(9-17-12-7-8-12)20-15(18-14)19(6)10-16(3,4)5/h11-12,17H,7-10H2,1-6H3. The van der Waals surface area contributed by atoms with Crippen LogP contribution in [0.15, 0.2) is 0 Å². The van der Waals surface area contributed by atoms with Gasteiger partial charge in [-0.3, -0.25) is 0 Å². The summed E-state index contributed by atoms with van der Waals surface area (Å²) in [5, 5.41) is 4.78. The molecule has 0 radical (unpaired) electrons. The zero-order valence-electron chi connectivity index (χ0n) is 13.8. The third-order valence-corrected chi connectivity index (χ3v) is 4.62. The molecule has 0 amide bonds. The Bertz CT molecular complexity index is 441. The predicted octanol–water partition coefficient (Wildman–Crippen LogP) is 4.00. The van der Waals surface area contributed by atoms with E-state index < -0.39 is 0 Å². The number of nitrogens with zero attached hydrogens (tertiary/aromatic N) is 2. The Hall–Kier alpha value is -0.610. The van der Waals surface area contributed by atoms with Crippen LogP contribution in [0.2, 0.25) is 0 Å². The molecule has 1 aromatic rings. The Morgan fingerprint density at radius 1 is 1.35 bits per heavy atom. The van der Waals surface area contributed by atoms with Crippen LogP contribution < -0.4 is 10.2 Å². The van der Waals surface area contributed by atoms with Crippen LogP contribution in [0, 0.1) is 5.41 Å². The molecule has 4 heteroatoms. The van der Waals surface area contributed by atoms with Gasteiger partial charge in [0.25, 0.3) is 0 Å². The van der Waals surface area contributed by atoms with Crippen LogP contribution in [0.4, 0.5) is 5.13 Å². The Balaban J connectivity index is 2.10. The van der Waals surface area contributed by atoms with Gasteiger partial charge in [0, 0.05) is 31.1 Å². The van der Waals surface area contributed by atoms with E-state index in [0.29, 0.717) is 11.3 Å². The summed E-state index contributed by atoms with van der Waals surface area (Å²) >= 11 is 1.86. The van der Waals surface area contributed by atoms with Crippen molar-refractivity contribution in [3.05, 3.63) is 10.6 Å². The maximum Gasteiger partial charge on any atom is 0.185 e. The molecule has 1 heterocycles. The third-order valence-electron chi connectivity index (χ3n) is 3.43. The fourth-order valence-electron chi connectivity index (χ4n) is 2.40. The van der Waals surface area contributed by atoms with E-state index in [1.807, 2.05) is 11.3 Å². The van der Waals surface area contributed by atoms with Gasteiger partial charge in [-0.1, -0.05) is 34.6 Å². The van der Waals surface area contributed by atoms with Crippen molar-refractivity contribution in [1.29, 1.82) is 0 Å². The van der Waals surface area contributed by atoms with E-state index in [1.54, 1.807) is 0 Å². The molecule has 0 bridgehead atoms. The summed E-state index contributed by atoms with van der Waals surface area (Å²) in [4.78, 5) is 8.62. The van der Waals surface area contributed by atoms with Crippen LogP contribution in [0.25, 0.3) is 0 Å². The molecule has 20 heavy (non-hydrogen) atoms. The smallest absolute Gasteiger partial charge is 0.185 e. The van der Waals surface area contributed by atoms with Crippen molar-refractivity contribution in [2.75, 3.05) is 18.5 Å². The van der Waals surface area contributed by atoms with Crippen molar-refractivity contribution >= 4 is 16.5 Å². The van der Waals surface area contributed by atoms with Gasteiger partial charge in [-0.15, -0.1) is 11.3 Å². The quantitative estimate of drug-likeness (QED) is 0.860. The predicted molar refractivity (Wildman–Crippen MR) is 88.8 cm³/mol. The highest BCUT2D eigenvalue weighted by Gasteiger charge is 2.23. The molecule has 0 unspecified atom stereocenters. The second-order valence-electron chi connectivity index (χ2n) is 7.53. The second-order valence-corrected chi connectivity index (χ2v) is 8.59. The average molecular weight is 295 g/mol. The highest BCUT2D eigenvalue weighted by molar-refractivity contribution is 7.15. The lowest BCUT2D eigenvalue weighted by molar-refractivity contribution is 0.418. The molecule has 1 fully saturated rings. The molecule has 0 aliphatic heterocycles. The zero-order valence-corrected chi connectivity index (χ0v) is 14.6. The SMILES string of the molecule is CC(C)c1nc(N(C)CC(C)(C)C)sc1CNC1CC1. The first-order valence-corrected chi connectivity index (χ1v) is 8.52. The molecule has 3 nitrogen and oxygen atoms in total. The lowest BCUT2D eigenvalue weighted by atomic mass is 9.96. The molecule has 1 N–H and O–H groups in total. The van der Waals surface area contributed by atoms with Crippen LogP contribution in [-0.2, 0) is 6.54 Å². The van der Waals surface area contributed by atoms with Crippen LogP contribution in [-0.4, -0.2) is 24.6 Å². The zero-order chi connectivity index (χ0) is 14.9. The molecule has 1 saturated carbocycles. The van der Waals surface area contributed by atoms with Gasteiger partial charge in [-0.05, 0) is 24.2 Å². The van der Waals surface area contributed by atoms with E-state index in [1.165, 1.54) is 23.4 Å². The Morgan fingerprint density at radius 3 is 2.50 bits per heavy atom. The highest BCUT2D eigenvalue weighted by Crippen LogP contribution is 2.32. The second kappa shape index (κ2) is 6.02. The minimum atomic E-state index is 0.296. The molecular formula is C16H29N3S. The number of hydrogen-bond donors (Lipinski definition) is 1. The van der Waals surface area contributed by atoms with Gasteiger partial charge in [0.15, 0.2) is 5.13 Å². The summed E-state index contributed by atoms with van der Waals surface area (Å²) < 4.78 is 0. The summed E-state index contributed by atoms with van der Waals surface area (Å²) in [6, 6.07) is 0.757. The lowest BCUT2D eigenvalue weighted by Gasteiger charge is -2.26. The molecule has 0 aromatic carbocycles. The van der Waals surface area contributed by atoms with Gasteiger partial charge in [-0.25, -0.2) is 4.98 Å². The van der Waals surface area contributed by atoms with Gasteiger partial charge >= 0.3 is 0 Å². The highest BCUT2D eigenvalue weighted by atomic mass is 32.1. The molecular weight excluding hydrogens is 266 g/mol. The Kier molecular flexibility index (Phi) is 4.75. The molecule has 1 aliphatic carbocycles. The monoisotopic (exact) mass is 295 g/mol. The minimum absolute atomic E-state index is 0.296. The summed E-state index contributed by atoms with van der Waals surface area (Å²) in [7, 11) is 2.16. The van der Waals surface area contributed by atoms with Crippen molar-refractivity contribution in [3.8, 4) is 0 Å². The number of anilines is 1. The fraction of sp³-hybridized carbons (Fsp3) is 0.812. The van der Waals surface area contributed by atoms with E-state index in [2.05, 4.69) is 51.9 Å². The van der Waals surface area contributed by atoms with Crippen molar-refractivity contribution in [3.63, 3.8) is 0 Å². The summed E-state index contributed by atoms with van der Waals surface area (Å²) in [6.45, 7) is 13.3. The lowest BCUT2D eigenvalue weighted by Crippen LogP contribution is -2.28. The van der Waals surface area contributed by atoms with E-state index in [-0.39, 0.29) is 0 Å². The summed E-state index contributed by atoms with van der Waals surface area (Å²) in [5.74, 6) is 0.499. The molecule has 1 aromatic heterocycles. The number of aromatic nitrogens is 1. The van der Waals surface area contributed by atoms with E-state index in [0.717, 1.165) is 24.3 Å². The van der Waals surface area contributed by atoms with Gasteiger partial charge in [0.2, 0.25) is 0 Å². The van der Waals surface area contributed by atoms with E-state index in [4.69, 9.17) is 4.98 Å². The van der Waals surface area contributed by atoms with E-state index in [9.17, 15) is 0 Å². The molecule has 1 aliphatic rings. The van der Waals surface area contributed by atoms with Gasteiger partial charge < -0.3 is 10.2 Å². The van der Waals surface area contributed by atoms with E-state index >= 15 is 0 Å². The molecule has 114 valence electrons. The largest absolute Gasteiger partial charge is 0.351 e. The molecule has 0 saturated heterocycles. The Morgan fingerprint density at radius 2 is 2.00 bits per heavy atom. The van der Waals surface area contributed by atoms with Crippen molar-refractivity contribution < 1.29 is 0 Å². The molecule has 2 rings (SSSR count). The summed E-state index contributed by atoms with van der Waals surface area (Å²) in [6.07, 6.45) is 2.68. The maximum absolute atomic E-state index is 4.90. The van der Waals surface area contributed by atoms with Gasteiger partial charge in [0.1, 0.15) is 0 Å². The van der Waals surface area contributed by atoms with Crippen LogP contribution in [0.5, 0.6) is 0 Å². The van der Waals surface area contributed by atoms with Crippen molar-refractivity contribution in [2.24, 2.45) is 5.41 Å². The van der Waals surface area contributed by atoms with Gasteiger partial charge in [0.05, 0.1) is 5.69 Å². The first-order valence-electron chi connectivity index (χ1n) is 7.70. The first-order chi connectivity index (χ1) is 9.26. The van der Waals surface area contributed by atoms with Crippen molar-refractivity contribution in [2.45, 2.75) is 66.0 Å². The van der Waals surface area contributed by atoms with Crippen LogP contribution in [0.1, 0.15) is 63.9 Å². The normalized spacial score (nSPS) is 15.9. The number of rotatable bonds is 6. The average Bonchev–Trinajstić information content (AvgIpc) is 3.02. The van der Waals surface area contributed by atoms with Crippen molar-refractivity contribution in [1.82, 2.24) is 10.3 Å². The van der Waals surface area contributed by atoms with Crippen LogP contribution >= 0.6 is 11.3 Å².